The van der Waals surface area contributed by atoms with Crippen molar-refractivity contribution in [1.82, 2.24) is 9.80 Å². The molecule has 0 radical (unpaired) electrons. The molecule has 1 unspecified atom stereocenters. The topological polar surface area (TPSA) is 43.8 Å². The second kappa shape index (κ2) is 6.68. The maximum absolute atomic E-state index is 10.8. The Balaban J connectivity index is 1.93. The van der Waals surface area contributed by atoms with Crippen molar-refractivity contribution < 1.29 is 9.90 Å². The Morgan fingerprint density at radius 2 is 1.95 bits per heavy atom. The lowest BCUT2D eigenvalue weighted by Gasteiger charge is -2.28. The summed E-state index contributed by atoms with van der Waals surface area (Å²) in [7, 11) is 0. The van der Waals surface area contributed by atoms with Crippen molar-refractivity contribution in [1.29, 1.82) is 0 Å². The number of hydrogen-bond donors (Lipinski definition) is 1. The van der Waals surface area contributed by atoms with Crippen LogP contribution in [0.15, 0.2) is 30.3 Å². The normalized spacial score (nSPS) is 19.8. The van der Waals surface area contributed by atoms with Gasteiger partial charge in [-0.05, 0) is 18.9 Å². The monoisotopic (exact) mass is 262 g/mol. The maximum Gasteiger partial charge on any atom is 0.317 e. The summed E-state index contributed by atoms with van der Waals surface area (Å²) < 4.78 is 0. The van der Waals surface area contributed by atoms with E-state index in [0.717, 1.165) is 32.6 Å². The summed E-state index contributed by atoms with van der Waals surface area (Å²) >= 11 is 0. The average molecular weight is 262 g/mol. The van der Waals surface area contributed by atoms with Gasteiger partial charge in [-0.2, -0.15) is 0 Å². The van der Waals surface area contributed by atoms with E-state index in [-0.39, 0.29) is 6.54 Å². The van der Waals surface area contributed by atoms with E-state index in [2.05, 4.69) is 36.1 Å². The van der Waals surface area contributed by atoms with Gasteiger partial charge in [-0.15, -0.1) is 0 Å². The number of carbonyl (C=O) groups is 1. The van der Waals surface area contributed by atoms with Gasteiger partial charge >= 0.3 is 5.97 Å². The zero-order valence-electron chi connectivity index (χ0n) is 11.5. The molecule has 4 heteroatoms. The highest BCUT2D eigenvalue weighted by molar-refractivity contribution is 5.69. The summed E-state index contributed by atoms with van der Waals surface area (Å²) in [5.41, 5.74) is 1.33. The zero-order chi connectivity index (χ0) is 13.7. The van der Waals surface area contributed by atoms with Gasteiger partial charge < -0.3 is 5.11 Å². The molecule has 2 rings (SSSR count). The van der Waals surface area contributed by atoms with Gasteiger partial charge in [-0.1, -0.05) is 30.3 Å². The first-order valence-corrected chi connectivity index (χ1v) is 6.90. The predicted molar refractivity (Wildman–Crippen MR) is 75.1 cm³/mol. The first-order chi connectivity index (χ1) is 9.16. The zero-order valence-corrected chi connectivity index (χ0v) is 11.5. The average Bonchev–Trinajstić information content (AvgIpc) is 2.64. The van der Waals surface area contributed by atoms with Crippen molar-refractivity contribution in [3.8, 4) is 0 Å². The molecule has 0 amide bonds. The lowest BCUT2D eigenvalue weighted by Crippen LogP contribution is -2.35. The van der Waals surface area contributed by atoms with E-state index in [1.165, 1.54) is 5.56 Å². The van der Waals surface area contributed by atoms with Crippen LogP contribution in [0.2, 0.25) is 0 Å². The van der Waals surface area contributed by atoms with Crippen molar-refractivity contribution in [3.63, 3.8) is 0 Å². The summed E-state index contributed by atoms with van der Waals surface area (Å²) in [6.07, 6.45) is 1.03. The van der Waals surface area contributed by atoms with Crippen molar-refractivity contribution >= 4 is 5.97 Å². The van der Waals surface area contributed by atoms with E-state index >= 15 is 0 Å². The molecule has 4 nitrogen and oxygen atoms in total. The van der Waals surface area contributed by atoms with E-state index in [1.807, 2.05) is 11.0 Å². The number of carboxylic acids is 1. The molecule has 0 aliphatic carbocycles. The second-order valence-corrected chi connectivity index (χ2v) is 5.15. The Labute approximate surface area is 114 Å². The molecule has 0 saturated carbocycles. The fraction of sp³-hybridized carbons (Fsp3) is 0.533. The maximum atomic E-state index is 10.8. The molecule has 0 aromatic heterocycles. The fourth-order valence-corrected chi connectivity index (χ4v) is 2.67. The minimum atomic E-state index is -0.732. The molecule has 104 valence electrons. The number of hydrogen-bond acceptors (Lipinski definition) is 3. The highest BCUT2D eigenvalue weighted by Gasteiger charge is 2.20. The molecule has 1 saturated heterocycles. The van der Waals surface area contributed by atoms with Gasteiger partial charge in [0, 0.05) is 32.2 Å². The van der Waals surface area contributed by atoms with Gasteiger partial charge in [0.1, 0.15) is 0 Å². The molecule has 1 N–H and O–H groups in total. The quantitative estimate of drug-likeness (QED) is 0.899. The summed E-state index contributed by atoms with van der Waals surface area (Å²) in [5.74, 6) is -0.732. The summed E-state index contributed by atoms with van der Waals surface area (Å²) in [6, 6.07) is 10.9. The Kier molecular flexibility index (Phi) is 4.93. The Morgan fingerprint density at radius 1 is 1.21 bits per heavy atom. The molecule has 0 spiro atoms. The second-order valence-electron chi connectivity index (χ2n) is 5.15. The van der Waals surface area contributed by atoms with E-state index in [0.29, 0.717) is 6.04 Å². The van der Waals surface area contributed by atoms with Crippen LogP contribution in [0, 0.1) is 0 Å². The number of rotatable bonds is 4. The van der Waals surface area contributed by atoms with Crippen molar-refractivity contribution in [2.45, 2.75) is 19.4 Å². The number of benzene rings is 1. The molecule has 1 aliphatic rings. The van der Waals surface area contributed by atoms with Crippen LogP contribution in [0.25, 0.3) is 0 Å². The largest absolute Gasteiger partial charge is 0.480 e. The van der Waals surface area contributed by atoms with Crippen LogP contribution in [0.5, 0.6) is 0 Å². The van der Waals surface area contributed by atoms with Crippen molar-refractivity contribution in [3.05, 3.63) is 35.9 Å². The minimum Gasteiger partial charge on any atom is -0.480 e. The van der Waals surface area contributed by atoms with Crippen LogP contribution in [0.4, 0.5) is 0 Å². The van der Waals surface area contributed by atoms with Crippen molar-refractivity contribution in [2.24, 2.45) is 0 Å². The molecular weight excluding hydrogens is 240 g/mol. The smallest absolute Gasteiger partial charge is 0.317 e. The van der Waals surface area contributed by atoms with E-state index < -0.39 is 5.97 Å². The number of aliphatic carboxylic acids is 1. The molecule has 1 atom stereocenters. The van der Waals surface area contributed by atoms with Gasteiger partial charge in [-0.25, -0.2) is 0 Å². The third-order valence-electron chi connectivity index (χ3n) is 3.81. The van der Waals surface area contributed by atoms with Crippen molar-refractivity contribution in [2.75, 3.05) is 32.7 Å². The summed E-state index contributed by atoms with van der Waals surface area (Å²) in [6.45, 7) is 6.07. The highest BCUT2D eigenvalue weighted by atomic mass is 16.4. The Bertz CT molecular complexity index is 408. The minimum absolute atomic E-state index is 0.160. The van der Waals surface area contributed by atoms with Gasteiger partial charge in [-0.3, -0.25) is 14.6 Å². The summed E-state index contributed by atoms with van der Waals surface area (Å²) in [5, 5.41) is 8.86. The number of carboxylic acid groups (broad SMARTS) is 1. The molecule has 0 bridgehead atoms. The van der Waals surface area contributed by atoms with Gasteiger partial charge in [0.05, 0.1) is 6.54 Å². The highest BCUT2D eigenvalue weighted by Crippen LogP contribution is 2.21. The van der Waals surface area contributed by atoms with Crippen LogP contribution in [0.1, 0.15) is 24.9 Å². The molecule has 19 heavy (non-hydrogen) atoms. The fourth-order valence-electron chi connectivity index (χ4n) is 2.67. The molecule has 1 aromatic carbocycles. The first-order valence-electron chi connectivity index (χ1n) is 6.90. The first kappa shape index (κ1) is 14.0. The third kappa shape index (κ3) is 4.04. The summed E-state index contributed by atoms with van der Waals surface area (Å²) in [4.78, 5) is 15.2. The molecular formula is C15H22N2O2. The Morgan fingerprint density at radius 3 is 2.63 bits per heavy atom. The van der Waals surface area contributed by atoms with E-state index in [9.17, 15) is 4.79 Å². The van der Waals surface area contributed by atoms with Crippen LogP contribution >= 0.6 is 0 Å². The van der Waals surface area contributed by atoms with Gasteiger partial charge in [0.2, 0.25) is 0 Å². The number of nitrogens with zero attached hydrogens (tertiary/aromatic N) is 2. The predicted octanol–water partition coefficient (Wildman–Crippen LogP) is 1.84. The van der Waals surface area contributed by atoms with Gasteiger partial charge in [0.25, 0.3) is 0 Å². The van der Waals surface area contributed by atoms with E-state index in [1.54, 1.807) is 0 Å². The standard InChI is InChI=1S/C15H22N2O2/c1-13(14-6-3-2-4-7-14)17-9-5-8-16(10-11-17)12-15(18)19/h2-4,6-7,13H,5,8-12H2,1H3,(H,18,19). The van der Waals surface area contributed by atoms with Crippen LogP contribution in [0.3, 0.4) is 0 Å². The van der Waals surface area contributed by atoms with Gasteiger partial charge in [0.15, 0.2) is 0 Å². The lowest BCUT2D eigenvalue weighted by molar-refractivity contribution is -0.138. The Hall–Kier alpha value is -1.39. The van der Waals surface area contributed by atoms with Crippen LogP contribution < -0.4 is 0 Å². The molecule has 1 aromatic rings. The molecule has 1 heterocycles. The third-order valence-corrected chi connectivity index (χ3v) is 3.81. The SMILES string of the molecule is CC(c1ccccc1)N1CCCN(CC(=O)O)CC1. The van der Waals surface area contributed by atoms with Crippen LogP contribution in [-0.4, -0.2) is 53.6 Å². The van der Waals surface area contributed by atoms with E-state index in [4.69, 9.17) is 5.11 Å². The van der Waals surface area contributed by atoms with Crippen LogP contribution in [-0.2, 0) is 4.79 Å². The molecule has 1 fully saturated rings. The molecule has 1 aliphatic heterocycles. The lowest BCUT2D eigenvalue weighted by atomic mass is 10.1.